The number of ether oxygens (including phenoxy) is 1. The van der Waals surface area contributed by atoms with E-state index >= 15 is 0 Å². The zero-order valence-electron chi connectivity index (χ0n) is 12.5. The molecule has 0 saturated carbocycles. The van der Waals surface area contributed by atoms with Crippen molar-refractivity contribution in [3.8, 4) is 11.5 Å². The molecule has 0 aromatic heterocycles. The summed E-state index contributed by atoms with van der Waals surface area (Å²) < 4.78 is 72.6. The van der Waals surface area contributed by atoms with E-state index in [-0.39, 0.29) is 5.75 Å². The maximum atomic E-state index is 12.9. The van der Waals surface area contributed by atoms with Crippen molar-refractivity contribution in [1.82, 2.24) is 0 Å². The van der Waals surface area contributed by atoms with E-state index in [1.54, 1.807) is 0 Å². The summed E-state index contributed by atoms with van der Waals surface area (Å²) in [6.45, 7) is 0. The molecule has 134 valence electrons. The molecule has 0 unspecified atom stereocenters. The van der Waals surface area contributed by atoms with E-state index in [2.05, 4.69) is 4.18 Å². The second-order valence-electron chi connectivity index (χ2n) is 4.62. The number of hydrogen-bond acceptors (Lipinski definition) is 6. The van der Waals surface area contributed by atoms with Gasteiger partial charge in [0.1, 0.15) is 5.75 Å². The highest BCUT2D eigenvalue weighted by atomic mass is 32.2. The minimum atomic E-state index is -4.89. The molecule has 25 heavy (non-hydrogen) atoms. The smallest absolute Gasteiger partial charge is 0.420 e. The van der Waals surface area contributed by atoms with E-state index in [0.29, 0.717) is 6.07 Å². The Balaban J connectivity index is 2.54. The molecule has 0 aliphatic heterocycles. The summed E-state index contributed by atoms with van der Waals surface area (Å²) in [7, 11) is -3.68. The number of rotatable bonds is 5. The van der Waals surface area contributed by atoms with Crippen LogP contribution < -0.4 is 8.92 Å². The topological polar surface area (TPSA) is 95.7 Å². The van der Waals surface area contributed by atoms with Gasteiger partial charge in [-0.3, -0.25) is 10.1 Å². The van der Waals surface area contributed by atoms with Gasteiger partial charge >= 0.3 is 16.3 Å². The highest BCUT2D eigenvalue weighted by molar-refractivity contribution is 7.87. The monoisotopic (exact) mass is 377 g/mol. The Labute approximate surface area is 139 Å². The number of hydrogen-bond donors (Lipinski definition) is 0. The lowest BCUT2D eigenvalue weighted by atomic mass is 10.2. The van der Waals surface area contributed by atoms with Gasteiger partial charge in [0.25, 0.3) is 5.69 Å². The summed E-state index contributed by atoms with van der Waals surface area (Å²) in [4.78, 5) is 9.17. The van der Waals surface area contributed by atoms with E-state index in [1.165, 1.54) is 7.11 Å². The van der Waals surface area contributed by atoms with Gasteiger partial charge in [-0.15, -0.1) is 0 Å². The van der Waals surface area contributed by atoms with Crippen LogP contribution in [0.15, 0.2) is 47.4 Å². The van der Waals surface area contributed by atoms with Crippen molar-refractivity contribution in [2.24, 2.45) is 0 Å². The van der Waals surface area contributed by atoms with Gasteiger partial charge in [0.05, 0.1) is 23.7 Å². The van der Waals surface area contributed by atoms with Gasteiger partial charge < -0.3 is 8.92 Å². The lowest BCUT2D eigenvalue weighted by molar-refractivity contribution is -0.388. The van der Waals surface area contributed by atoms with Crippen LogP contribution in [0.25, 0.3) is 0 Å². The molecular weight excluding hydrogens is 367 g/mol. The number of para-hydroxylation sites is 1. The van der Waals surface area contributed by atoms with Crippen LogP contribution in [0.2, 0.25) is 0 Å². The Kier molecular flexibility index (Phi) is 4.88. The lowest BCUT2D eigenvalue weighted by Gasteiger charge is -2.13. The summed E-state index contributed by atoms with van der Waals surface area (Å²) in [5.41, 5.74) is -2.21. The largest absolute Gasteiger partial charge is 0.497 e. The van der Waals surface area contributed by atoms with Gasteiger partial charge in [-0.25, -0.2) is 0 Å². The number of nitro groups is 1. The molecule has 0 bridgehead atoms. The minimum absolute atomic E-state index is 0.00124. The molecule has 2 rings (SSSR count). The van der Waals surface area contributed by atoms with Crippen LogP contribution in [0, 0.1) is 10.1 Å². The van der Waals surface area contributed by atoms with Gasteiger partial charge in [-0.05, 0) is 24.3 Å². The molecule has 11 heteroatoms. The molecule has 0 aliphatic carbocycles. The quantitative estimate of drug-likeness (QED) is 0.450. The van der Waals surface area contributed by atoms with Gasteiger partial charge in [-0.1, -0.05) is 12.1 Å². The maximum Gasteiger partial charge on any atom is 0.420 e. The molecule has 0 spiro atoms. The van der Waals surface area contributed by atoms with E-state index in [1.807, 2.05) is 0 Å². The average molecular weight is 377 g/mol. The van der Waals surface area contributed by atoms with E-state index < -0.39 is 43.1 Å². The first-order valence-corrected chi connectivity index (χ1v) is 7.90. The molecule has 0 atom stereocenters. The normalized spacial score (nSPS) is 11.8. The van der Waals surface area contributed by atoms with Gasteiger partial charge in [0.15, 0.2) is 10.6 Å². The third-order valence-electron chi connectivity index (χ3n) is 3.02. The molecule has 7 nitrogen and oxygen atoms in total. The van der Waals surface area contributed by atoms with Crippen LogP contribution in [0.4, 0.5) is 18.9 Å². The number of nitrogens with zero attached hydrogens (tertiary/aromatic N) is 1. The number of methoxy groups -OCH3 is 1. The predicted molar refractivity (Wildman–Crippen MR) is 78.9 cm³/mol. The van der Waals surface area contributed by atoms with Crippen LogP contribution in [0.5, 0.6) is 11.5 Å². The number of nitro benzene ring substituents is 1. The van der Waals surface area contributed by atoms with Crippen molar-refractivity contribution in [1.29, 1.82) is 0 Å². The van der Waals surface area contributed by atoms with Crippen molar-refractivity contribution in [3.63, 3.8) is 0 Å². The number of halogens is 3. The first-order chi connectivity index (χ1) is 11.6. The number of alkyl halides is 3. The van der Waals surface area contributed by atoms with Gasteiger partial charge in [0, 0.05) is 0 Å². The van der Waals surface area contributed by atoms with Gasteiger partial charge in [0.2, 0.25) is 0 Å². The van der Waals surface area contributed by atoms with Crippen molar-refractivity contribution in [2.75, 3.05) is 7.11 Å². The standard InChI is InChI=1S/C14H10F3NO6S/c1-23-9-6-7-13(11(8-9)18(19)20)25(21,22)24-12-5-3-2-4-10(12)14(15,16)17/h2-8H,1H3. The Bertz CT molecular complexity index is 911. The molecule has 0 aliphatic rings. The highest BCUT2D eigenvalue weighted by Crippen LogP contribution is 2.38. The molecule has 0 radical (unpaired) electrons. The van der Waals surface area contributed by atoms with Crippen molar-refractivity contribution in [3.05, 3.63) is 58.1 Å². The molecule has 0 fully saturated rings. The summed E-state index contributed by atoms with van der Waals surface area (Å²) in [5, 5.41) is 11.1. The zero-order valence-corrected chi connectivity index (χ0v) is 13.3. The molecule has 2 aromatic carbocycles. The predicted octanol–water partition coefficient (Wildman–Crippen LogP) is 3.39. The summed E-state index contributed by atoms with van der Waals surface area (Å²) in [5.74, 6) is -0.985. The fourth-order valence-corrected chi connectivity index (χ4v) is 3.01. The summed E-state index contributed by atoms with van der Waals surface area (Å²) in [6.07, 6.45) is -4.86. The maximum absolute atomic E-state index is 12.9. The lowest BCUT2D eigenvalue weighted by Crippen LogP contribution is -2.15. The van der Waals surface area contributed by atoms with E-state index in [4.69, 9.17) is 4.74 Å². The number of benzene rings is 2. The molecule has 0 N–H and O–H groups in total. The first kappa shape index (κ1) is 18.5. The van der Waals surface area contributed by atoms with Crippen LogP contribution in [0.3, 0.4) is 0 Å². The SMILES string of the molecule is COc1ccc(S(=O)(=O)Oc2ccccc2C(F)(F)F)c([N+](=O)[O-])c1. The fraction of sp³-hybridized carbons (Fsp3) is 0.143. The third-order valence-corrected chi connectivity index (χ3v) is 4.31. The Morgan fingerprint density at radius 2 is 1.76 bits per heavy atom. The van der Waals surface area contributed by atoms with Crippen molar-refractivity contribution < 1.29 is 35.4 Å². The van der Waals surface area contributed by atoms with Crippen LogP contribution >= 0.6 is 0 Å². The summed E-state index contributed by atoms with van der Waals surface area (Å²) >= 11 is 0. The van der Waals surface area contributed by atoms with Crippen molar-refractivity contribution in [2.45, 2.75) is 11.1 Å². The van der Waals surface area contributed by atoms with Crippen LogP contribution in [0.1, 0.15) is 5.56 Å². The molecular formula is C14H10F3NO6S. The second-order valence-corrected chi connectivity index (χ2v) is 6.14. The van der Waals surface area contributed by atoms with E-state index in [9.17, 15) is 31.7 Å². The highest BCUT2D eigenvalue weighted by Gasteiger charge is 2.36. The first-order valence-electron chi connectivity index (χ1n) is 6.49. The fourth-order valence-electron chi connectivity index (χ4n) is 1.91. The molecule has 0 heterocycles. The molecule has 2 aromatic rings. The Morgan fingerprint density at radius 1 is 1.12 bits per heavy atom. The van der Waals surface area contributed by atoms with Crippen LogP contribution in [-0.4, -0.2) is 20.5 Å². The average Bonchev–Trinajstić information content (AvgIpc) is 2.53. The summed E-state index contributed by atoms with van der Waals surface area (Å²) in [6, 6.07) is 6.39. The second kappa shape index (κ2) is 6.59. The minimum Gasteiger partial charge on any atom is -0.497 e. The van der Waals surface area contributed by atoms with Crippen LogP contribution in [-0.2, 0) is 16.3 Å². The zero-order chi connectivity index (χ0) is 18.8. The Morgan fingerprint density at radius 3 is 2.32 bits per heavy atom. The molecule has 0 saturated heterocycles. The van der Waals surface area contributed by atoms with Gasteiger partial charge in [-0.2, -0.15) is 21.6 Å². The van der Waals surface area contributed by atoms with E-state index in [0.717, 1.165) is 36.4 Å². The third kappa shape index (κ3) is 3.99. The Hall–Kier alpha value is -2.82. The molecule has 0 amide bonds. The van der Waals surface area contributed by atoms with Crippen molar-refractivity contribution >= 4 is 15.8 Å².